The molecule has 9 heteroatoms. The van der Waals surface area contributed by atoms with Gasteiger partial charge in [0.05, 0.1) is 12.1 Å². The van der Waals surface area contributed by atoms with Crippen LogP contribution in [0.25, 0.3) is 10.9 Å². The molecule has 36 heavy (non-hydrogen) atoms. The molecule has 6 rings (SSSR count). The topological polar surface area (TPSA) is 88.9 Å². The summed E-state index contributed by atoms with van der Waals surface area (Å²) in [5, 5.41) is 16.3. The van der Waals surface area contributed by atoms with Gasteiger partial charge in [0, 0.05) is 35.7 Å². The number of thiophene rings is 1. The van der Waals surface area contributed by atoms with Gasteiger partial charge in [0.2, 0.25) is 0 Å². The fourth-order valence-corrected chi connectivity index (χ4v) is 6.48. The summed E-state index contributed by atoms with van der Waals surface area (Å²) in [6.45, 7) is 4.27. The van der Waals surface area contributed by atoms with Gasteiger partial charge in [-0.1, -0.05) is 30.5 Å². The Morgan fingerprint density at radius 2 is 2.08 bits per heavy atom. The third kappa shape index (κ3) is 4.75. The molecule has 1 aliphatic carbocycles. The molecular weight excluding hydrogens is 472 g/mol. The summed E-state index contributed by atoms with van der Waals surface area (Å²) in [6, 6.07) is 12.3. The van der Waals surface area contributed by atoms with E-state index in [-0.39, 0.29) is 23.7 Å². The fraction of sp³-hybridized carbons (Fsp3) is 0.481. The van der Waals surface area contributed by atoms with Crippen molar-refractivity contribution in [1.82, 2.24) is 30.1 Å². The van der Waals surface area contributed by atoms with Gasteiger partial charge in [-0.05, 0) is 78.1 Å². The third-order valence-corrected chi connectivity index (χ3v) is 8.38. The van der Waals surface area contributed by atoms with Crippen molar-refractivity contribution in [1.29, 1.82) is 0 Å². The number of aryl methyl sites for hydroxylation is 1. The van der Waals surface area contributed by atoms with E-state index in [4.69, 9.17) is 4.74 Å². The van der Waals surface area contributed by atoms with Crippen LogP contribution in [0.2, 0.25) is 0 Å². The number of aromatic nitrogens is 5. The highest BCUT2D eigenvalue weighted by molar-refractivity contribution is 7.09. The van der Waals surface area contributed by atoms with Crippen LogP contribution in [0.1, 0.15) is 72.4 Å². The number of aromatic amines is 1. The molecule has 188 valence electrons. The first-order chi connectivity index (χ1) is 17.7. The SMILES string of the molecule is Cc1ccc2[nH]c(=O)c([C@@H](c3nnnn3C3CCCC3)N(Cc3cccs3)C[C@@H]3CCCO3)cc2c1. The normalized spacial score (nSPS) is 19.6. The highest BCUT2D eigenvalue weighted by Crippen LogP contribution is 2.35. The Hall–Kier alpha value is -2.88. The quantitative estimate of drug-likeness (QED) is 0.372. The number of rotatable bonds is 8. The highest BCUT2D eigenvalue weighted by Gasteiger charge is 2.35. The summed E-state index contributed by atoms with van der Waals surface area (Å²) in [6.07, 6.45) is 6.71. The second-order valence-corrected chi connectivity index (χ2v) is 11.1. The number of fused-ring (bicyclic) bond motifs is 1. The standard InChI is InChI=1S/C27H32N6O2S/c1-18-10-11-24-19(14-18)15-23(27(34)28-24)25(26-29-30-31-33(26)20-6-2-3-7-20)32(16-21-8-4-12-35-21)17-22-9-5-13-36-22/h5,9-11,13-15,20-21,25H,2-4,6-8,12,16-17H2,1H3,(H,28,34)/t21-,25-/m0/s1. The number of H-pyrrole nitrogens is 1. The number of tetrazole rings is 1. The summed E-state index contributed by atoms with van der Waals surface area (Å²) in [5.41, 5.74) is 2.58. The van der Waals surface area contributed by atoms with Crippen LogP contribution in [0.3, 0.4) is 0 Å². The number of nitrogens with zero attached hydrogens (tertiary/aromatic N) is 5. The first-order valence-corrected chi connectivity index (χ1v) is 13.8. The minimum Gasteiger partial charge on any atom is -0.377 e. The molecule has 1 saturated heterocycles. The Morgan fingerprint density at radius 3 is 2.86 bits per heavy atom. The molecule has 3 aromatic heterocycles. The van der Waals surface area contributed by atoms with Crippen molar-refractivity contribution in [2.24, 2.45) is 0 Å². The second-order valence-electron chi connectivity index (χ2n) is 10.1. The van der Waals surface area contributed by atoms with Crippen LogP contribution in [0.5, 0.6) is 0 Å². The van der Waals surface area contributed by atoms with Gasteiger partial charge in [-0.25, -0.2) is 4.68 Å². The lowest BCUT2D eigenvalue weighted by atomic mass is 10.0. The number of hydrogen-bond acceptors (Lipinski definition) is 7. The molecular formula is C27H32N6O2S. The van der Waals surface area contributed by atoms with E-state index in [0.29, 0.717) is 18.7 Å². The van der Waals surface area contributed by atoms with Gasteiger partial charge in [0.25, 0.3) is 5.56 Å². The van der Waals surface area contributed by atoms with E-state index < -0.39 is 0 Å². The van der Waals surface area contributed by atoms with Crippen LogP contribution in [-0.4, -0.2) is 49.3 Å². The molecule has 0 radical (unpaired) electrons. The Balaban J connectivity index is 1.50. The molecule has 8 nitrogen and oxygen atoms in total. The molecule has 0 spiro atoms. The highest BCUT2D eigenvalue weighted by atomic mass is 32.1. The van der Waals surface area contributed by atoms with E-state index in [1.807, 2.05) is 22.9 Å². The number of benzene rings is 1. The van der Waals surface area contributed by atoms with Crippen molar-refractivity contribution in [3.8, 4) is 0 Å². The zero-order valence-corrected chi connectivity index (χ0v) is 21.4. The van der Waals surface area contributed by atoms with Crippen LogP contribution in [0.4, 0.5) is 0 Å². The largest absolute Gasteiger partial charge is 0.377 e. The average molecular weight is 505 g/mol. The second kappa shape index (κ2) is 10.2. The summed E-state index contributed by atoms with van der Waals surface area (Å²) < 4.78 is 8.06. The monoisotopic (exact) mass is 504 g/mol. The van der Waals surface area contributed by atoms with Crippen LogP contribution in [0.15, 0.2) is 46.6 Å². The van der Waals surface area contributed by atoms with Gasteiger partial charge in [-0.3, -0.25) is 9.69 Å². The molecule has 4 aromatic rings. The fourth-order valence-electron chi connectivity index (χ4n) is 5.75. The van der Waals surface area contributed by atoms with Gasteiger partial charge < -0.3 is 9.72 Å². The van der Waals surface area contributed by atoms with Gasteiger partial charge in [0.15, 0.2) is 5.82 Å². The van der Waals surface area contributed by atoms with E-state index in [1.54, 1.807) is 11.3 Å². The maximum Gasteiger partial charge on any atom is 0.253 e. The smallest absolute Gasteiger partial charge is 0.253 e. The zero-order chi connectivity index (χ0) is 24.5. The van der Waals surface area contributed by atoms with Crippen molar-refractivity contribution in [3.05, 3.63) is 74.0 Å². The minimum atomic E-state index is -0.388. The molecule has 2 atom stereocenters. The lowest BCUT2D eigenvalue weighted by Crippen LogP contribution is -2.39. The number of nitrogens with one attached hydrogen (secondary N) is 1. The predicted octanol–water partition coefficient (Wildman–Crippen LogP) is 4.77. The molecule has 1 aromatic carbocycles. The van der Waals surface area contributed by atoms with E-state index in [9.17, 15) is 4.79 Å². The molecule has 0 bridgehead atoms. The van der Waals surface area contributed by atoms with Crippen molar-refractivity contribution in [2.45, 2.75) is 70.2 Å². The van der Waals surface area contributed by atoms with Crippen molar-refractivity contribution < 1.29 is 4.74 Å². The molecule has 1 saturated carbocycles. The van der Waals surface area contributed by atoms with Crippen molar-refractivity contribution in [2.75, 3.05) is 13.2 Å². The molecule has 2 aliphatic rings. The molecule has 1 N–H and O–H groups in total. The minimum absolute atomic E-state index is 0.0964. The molecule has 4 heterocycles. The summed E-state index contributed by atoms with van der Waals surface area (Å²) in [4.78, 5) is 20.4. The maximum atomic E-state index is 13.6. The van der Waals surface area contributed by atoms with Crippen LogP contribution in [-0.2, 0) is 11.3 Å². The Kier molecular flexibility index (Phi) is 6.69. The molecule has 1 aliphatic heterocycles. The predicted molar refractivity (Wildman–Crippen MR) is 140 cm³/mol. The van der Waals surface area contributed by atoms with Gasteiger partial charge in [0.1, 0.15) is 6.04 Å². The Bertz CT molecular complexity index is 1370. The third-order valence-electron chi connectivity index (χ3n) is 7.52. The van der Waals surface area contributed by atoms with E-state index >= 15 is 0 Å². The van der Waals surface area contributed by atoms with E-state index in [0.717, 1.165) is 54.6 Å². The van der Waals surface area contributed by atoms with Crippen LogP contribution in [0, 0.1) is 6.92 Å². The first kappa shape index (κ1) is 23.5. The Labute approximate surface area is 214 Å². The Morgan fingerprint density at radius 1 is 1.19 bits per heavy atom. The van der Waals surface area contributed by atoms with Gasteiger partial charge in [-0.2, -0.15) is 0 Å². The molecule has 0 unspecified atom stereocenters. The number of ether oxygens (including phenoxy) is 1. The lowest BCUT2D eigenvalue weighted by molar-refractivity contribution is 0.0574. The maximum absolute atomic E-state index is 13.6. The summed E-state index contributed by atoms with van der Waals surface area (Å²) in [5.74, 6) is 0.744. The van der Waals surface area contributed by atoms with Crippen molar-refractivity contribution >= 4 is 22.2 Å². The van der Waals surface area contributed by atoms with E-state index in [2.05, 4.69) is 55.9 Å². The van der Waals surface area contributed by atoms with Gasteiger partial charge >= 0.3 is 0 Å². The van der Waals surface area contributed by atoms with Crippen LogP contribution >= 0.6 is 11.3 Å². The number of pyridine rings is 1. The lowest BCUT2D eigenvalue weighted by Gasteiger charge is -2.33. The molecule has 2 fully saturated rings. The van der Waals surface area contributed by atoms with Crippen molar-refractivity contribution in [3.63, 3.8) is 0 Å². The average Bonchev–Trinajstić information content (AvgIpc) is 3.68. The van der Waals surface area contributed by atoms with Gasteiger partial charge in [-0.15, -0.1) is 16.4 Å². The summed E-state index contributed by atoms with van der Waals surface area (Å²) in [7, 11) is 0. The zero-order valence-electron chi connectivity index (χ0n) is 20.6. The summed E-state index contributed by atoms with van der Waals surface area (Å²) >= 11 is 1.73. The van der Waals surface area contributed by atoms with E-state index in [1.165, 1.54) is 17.7 Å². The first-order valence-electron chi connectivity index (χ1n) is 12.9. The molecule has 0 amide bonds. The number of hydrogen-bond donors (Lipinski definition) is 1. The van der Waals surface area contributed by atoms with Crippen LogP contribution < -0.4 is 5.56 Å².